The Kier molecular flexibility index (Phi) is 6.25. The molecule has 5 rings (SSSR count). The number of hydrogen-bond acceptors (Lipinski definition) is 4. The van der Waals surface area contributed by atoms with Crippen molar-refractivity contribution in [1.29, 1.82) is 0 Å². The summed E-state index contributed by atoms with van der Waals surface area (Å²) in [6.07, 6.45) is 4.04. The quantitative estimate of drug-likeness (QED) is 0.249. The van der Waals surface area contributed by atoms with Crippen LogP contribution in [0.25, 0.3) is 40.0 Å². The zero-order valence-electron chi connectivity index (χ0n) is 19.3. The number of anilines is 1. The number of hydrogen-bond donors (Lipinski definition) is 1. The van der Waals surface area contributed by atoms with E-state index in [-0.39, 0.29) is 5.91 Å². The first-order valence-corrected chi connectivity index (χ1v) is 11.7. The molecule has 0 fully saturated rings. The van der Waals surface area contributed by atoms with E-state index < -0.39 is 0 Å². The summed E-state index contributed by atoms with van der Waals surface area (Å²) in [5, 5.41) is 3.54. The number of aromatic nitrogens is 1. The lowest BCUT2D eigenvalue weighted by Crippen LogP contribution is -2.07. The second kappa shape index (κ2) is 9.65. The molecule has 6 heteroatoms. The number of nitrogens with one attached hydrogen (secondary N) is 1. The molecule has 5 nitrogen and oxygen atoms in total. The fraction of sp³-hybridized carbons (Fsp3) is 0.103. The van der Waals surface area contributed by atoms with Crippen molar-refractivity contribution in [2.24, 2.45) is 0 Å². The molecule has 0 atom stereocenters. The molecule has 0 saturated carbocycles. The lowest BCUT2D eigenvalue weighted by molar-refractivity contribution is -0.111. The third-order valence-corrected chi connectivity index (χ3v) is 6.15. The van der Waals surface area contributed by atoms with E-state index in [0.29, 0.717) is 39.2 Å². The zero-order valence-corrected chi connectivity index (χ0v) is 20.1. The van der Waals surface area contributed by atoms with Gasteiger partial charge in [0.1, 0.15) is 17.0 Å². The SMILES string of the molecule is CCc1ccc(-c2nc3cc(NC(=O)/C=C/c4ccc(-c5ccc(C)c(Cl)c5)o4)ccc3o2)cc1. The van der Waals surface area contributed by atoms with E-state index in [0.717, 1.165) is 23.1 Å². The molecule has 5 aromatic rings. The average molecular weight is 483 g/mol. The summed E-state index contributed by atoms with van der Waals surface area (Å²) in [4.78, 5) is 17.0. The van der Waals surface area contributed by atoms with Gasteiger partial charge in [0, 0.05) is 27.9 Å². The average Bonchev–Trinajstić information content (AvgIpc) is 3.51. The normalized spacial score (nSPS) is 11.4. The van der Waals surface area contributed by atoms with Crippen LogP contribution in [-0.4, -0.2) is 10.9 Å². The van der Waals surface area contributed by atoms with Crippen molar-refractivity contribution in [3.8, 4) is 22.8 Å². The highest BCUT2D eigenvalue weighted by molar-refractivity contribution is 6.31. The van der Waals surface area contributed by atoms with Gasteiger partial charge in [0.15, 0.2) is 5.58 Å². The Morgan fingerprint density at radius 3 is 2.54 bits per heavy atom. The lowest BCUT2D eigenvalue weighted by Gasteiger charge is -2.01. The minimum atomic E-state index is -0.278. The van der Waals surface area contributed by atoms with Gasteiger partial charge in [0.25, 0.3) is 0 Å². The largest absolute Gasteiger partial charge is 0.457 e. The summed E-state index contributed by atoms with van der Waals surface area (Å²) in [5.74, 6) is 1.52. The number of aryl methyl sites for hydroxylation is 2. The van der Waals surface area contributed by atoms with Crippen LogP contribution in [0, 0.1) is 6.92 Å². The predicted octanol–water partition coefficient (Wildman–Crippen LogP) is 7.93. The van der Waals surface area contributed by atoms with Crippen molar-refractivity contribution < 1.29 is 13.6 Å². The maximum atomic E-state index is 12.5. The second-order valence-electron chi connectivity index (χ2n) is 8.24. The molecule has 0 bridgehead atoms. The Morgan fingerprint density at radius 2 is 1.77 bits per heavy atom. The van der Waals surface area contributed by atoms with Crippen molar-refractivity contribution in [3.63, 3.8) is 0 Å². The number of oxazole rings is 1. The number of fused-ring (bicyclic) bond motifs is 1. The van der Waals surface area contributed by atoms with Crippen molar-refractivity contribution in [1.82, 2.24) is 4.98 Å². The van der Waals surface area contributed by atoms with Crippen molar-refractivity contribution in [2.45, 2.75) is 20.3 Å². The molecule has 0 saturated heterocycles. The van der Waals surface area contributed by atoms with Crippen LogP contribution in [0.3, 0.4) is 0 Å². The summed E-state index contributed by atoms with van der Waals surface area (Å²) in [6.45, 7) is 4.07. The maximum Gasteiger partial charge on any atom is 0.248 e. The summed E-state index contributed by atoms with van der Waals surface area (Å²) >= 11 is 6.21. The molecule has 35 heavy (non-hydrogen) atoms. The number of amides is 1. The minimum absolute atomic E-state index is 0.278. The Morgan fingerprint density at radius 1 is 0.971 bits per heavy atom. The van der Waals surface area contributed by atoms with E-state index in [2.05, 4.69) is 29.4 Å². The van der Waals surface area contributed by atoms with E-state index in [1.807, 2.05) is 49.4 Å². The van der Waals surface area contributed by atoms with Crippen LogP contribution < -0.4 is 5.32 Å². The number of rotatable bonds is 6. The third-order valence-electron chi connectivity index (χ3n) is 5.75. The van der Waals surface area contributed by atoms with Crippen LogP contribution in [0.2, 0.25) is 5.02 Å². The molecule has 0 unspecified atom stereocenters. The van der Waals surface area contributed by atoms with Gasteiger partial charge >= 0.3 is 0 Å². The molecular formula is C29H23ClN2O3. The smallest absolute Gasteiger partial charge is 0.248 e. The van der Waals surface area contributed by atoms with E-state index in [1.54, 1.807) is 24.3 Å². The minimum Gasteiger partial charge on any atom is -0.457 e. The van der Waals surface area contributed by atoms with Gasteiger partial charge in [0.2, 0.25) is 11.8 Å². The highest BCUT2D eigenvalue weighted by Crippen LogP contribution is 2.28. The first kappa shape index (κ1) is 22.7. The van der Waals surface area contributed by atoms with Gasteiger partial charge in [0.05, 0.1) is 0 Å². The second-order valence-corrected chi connectivity index (χ2v) is 8.65. The fourth-order valence-corrected chi connectivity index (χ4v) is 3.88. The van der Waals surface area contributed by atoms with E-state index in [4.69, 9.17) is 20.4 Å². The number of benzene rings is 3. The highest BCUT2D eigenvalue weighted by Gasteiger charge is 2.10. The monoisotopic (exact) mass is 482 g/mol. The fourth-order valence-electron chi connectivity index (χ4n) is 3.70. The maximum absolute atomic E-state index is 12.5. The lowest BCUT2D eigenvalue weighted by atomic mass is 10.1. The summed E-state index contributed by atoms with van der Waals surface area (Å²) < 4.78 is 11.7. The van der Waals surface area contributed by atoms with E-state index in [1.165, 1.54) is 11.6 Å². The third kappa shape index (κ3) is 5.05. The van der Waals surface area contributed by atoms with Crippen molar-refractivity contribution in [2.75, 3.05) is 5.32 Å². The topological polar surface area (TPSA) is 68.3 Å². The molecule has 2 aromatic heterocycles. The number of furan rings is 1. The molecule has 3 aromatic carbocycles. The number of carbonyl (C=O) groups excluding carboxylic acids is 1. The first-order valence-electron chi connectivity index (χ1n) is 11.3. The van der Waals surface area contributed by atoms with Crippen LogP contribution in [0.15, 0.2) is 87.7 Å². The van der Waals surface area contributed by atoms with Crippen LogP contribution in [0.1, 0.15) is 23.8 Å². The molecule has 0 aliphatic carbocycles. The number of halogens is 1. The molecule has 0 radical (unpaired) electrons. The summed E-state index contributed by atoms with van der Waals surface area (Å²) in [5.41, 5.74) is 6.02. The van der Waals surface area contributed by atoms with Gasteiger partial charge < -0.3 is 14.2 Å². The van der Waals surface area contributed by atoms with Gasteiger partial charge in [-0.05, 0) is 79.1 Å². The van der Waals surface area contributed by atoms with Crippen LogP contribution in [0.5, 0.6) is 0 Å². The van der Waals surface area contributed by atoms with Gasteiger partial charge in [-0.15, -0.1) is 0 Å². The Hall–Kier alpha value is -4.09. The zero-order chi connectivity index (χ0) is 24.4. The predicted molar refractivity (Wildman–Crippen MR) is 140 cm³/mol. The highest BCUT2D eigenvalue weighted by atomic mass is 35.5. The Bertz CT molecular complexity index is 1540. The molecule has 1 amide bonds. The Balaban J connectivity index is 1.27. The molecule has 0 spiro atoms. The summed E-state index contributed by atoms with van der Waals surface area (Å²) in [6, 6.07) is 22.9. The Labute approximate surface area is 208 Å². The van der Waals surface area contributed by atoms with E-state index in [9.17, 15) is 4.79 Å². The number of carbonyl (C=O) groups is 1. The van der Waals surface area contributed by atoms with Crippen LogP contribution in [-0.2, 0) is 11.2 Å². The number of nitrogens with zero attached hydrogens (tertiary/aromatic N) is 1. The molecule has 2 heterocycles. The summed E-state index contributed by atoms with van der Waals surface area (Å²) in [7, 11) is 0. The standard InChI is InChI=1S/C29H23ClN2O3/c1-3-19-5-8-20(9-6-19)29-32-25-17-22(10-13-27(25)35-29)31-28(33)15-12-23-11-14-26(34-23)21-7-4-18(2)24(30)16-21/h4-17H,3H2,1-2H3,(H,31,33)/b15-12+. The van der Waals surface area contributed by atoms with Crippen LogP contribution in [0.4, 0.5) is 5.69 Å². The van der Waals surface area contributed by atoms with Gasteiger partial charge in [-0.1, -0.05) is 42.8 Å². The van der Waals surface area contributed by atoms with Crippen molar-refractivity contribution in [3.05, 3.63) is 101 Å². The molecule has 0 aliphatic rings. The van der Waals surface area contributed by atoms with Crippen LogP contribution >= 0.6 is 11.6 Å². The molecule has 174 valence electrons. The van der Waals surface area contributed by atoms with Gasteiger partial charge in [-0.2, -0.15) is 0 Å². The molecule has 0 aliphatic heterocycles. The van der Waals surface area contributed by atoms with Gasteiger partial charge in [-0.3, -0.25) is 4.79 Å². The van der Waals surface area contributed by atoms with Crippen molar-refractivity contribution >= 4 is 40.4 Å². The first-order chi connectivity index (χ1) is 17.0. The van der Waals surface area contributed by atoms with E-state index >= 15 is 0 Å². The van der Waals surface area contributed by atoms with Gasteiger partial charge in [-0.25, -0.2) is 4.98 Å². The molecular weight excluding hydrogens is 460 g/mol. The molecule has 1 N–H and O–H groups in total.